The maximum atomic E-state index is 12.1. The molecule has 0 bridgehead atoms. The fourth-order valence-electron chi connectivity index (χ4n) is 1.47. The van der Waals surface area contributed by atoms with Gasteiger partial charge >= 0.3 is 6.18 Å². The smallest absolute Gasteiger partial charge is 0.342 e. The van der Waals surface area contributed by atoms with Gasteiger partial charge in [-0.1, -0.05) is 6.07 Å². The summed E-state index contributed by atoms with van der Waals surface area (Å²) in [6, 6.07) is 5.22. The molecular formula is C12H10F3N3OS. The van der Waals surface area contributed by atoms with Gasteiger partial charge in [0.1, 0.15) is 16.4 Å². The van der Waals surface area contributed by atoms with E-state index in [1.54, 1.807) is 31.3 Å². The van der Waals surface area contributed by atoms with Crippen LogP contribution in [0.4, 0.5) is 13.2 Å². The number of thiazole rings is 1. The number of alkyl halides is 3. The SMILES string of the molecule is Cc1nc(-c2ccccn2)sc1C(=O)NCC(F)(F)F. The molecule has 0 aromatic carbocycles. The van der Waals surface area contributed by atoms with Gasteiger partial charge in [0, 0.05) is 6.20 Å². The predicted molar refractivity (Wildman–Crippen MR) is 68.5 cm³/mol. The van der Waals surface area contributed by atoms with Crippen LogP contribution in [0.15, 0.2) is 24.4 Å². The van der Waals surface area contributed by atoms with Crippen molar-refractivity contribution in [3.05, 3.63) is 35.0 Å². The molecule has 0 aliphatic rings. The number of carbonyl (C=O) groups excluding carboxylic acids is 1. The van der Waals surface area contributed by atoms with Crippen molar-refractivity contribution < 1.29 is 18.0 Å². The van der Waals surface area contributed by atoms with Crippen molar-refractivity contribution in [2.24, 2.45) is 0 Å². The number of nitrogens with one attached hydrogen (secondary N) is 1. The quantitative estimate of drug-likeness (QED) is 0.948. The monoisotopic (exact) mass is 301 g/mol. The summed E-state index contributed by atoms with van der Waals surface area (Å²) in [5.74, 6) is -0.778. The lowest BCUT2D eigenvalue weighted by Gasteiger charge is -2.07. The minimum atomic E-state index is -4.43. The fourth-order valence-corrected chi connectivity index (χ4v) is 2.43. The topological polar surface area (TPSA) is 54.9 Å². The highest BCUT2D eigenvalue weighted by Crippen LogP contribution is 2.26. The first-order chi connectivity index (χ1) is 9.37. The normalized spacial score (nSPS) is 11.4. The van der Waals surface area contributed by atoms with Crippen molar-refractivity contribution in [1.82, 2.24) is 15.3 Å². The Morgan fingerprint density at radius 1 is 1.40 bits per heavy atom. The van der Waals surface area contributed by atoms with Gasteiger partial charge in [0.05, 0.1) is 11.4 Å². The molecule has 0 spiro atoms. The average molecular weight is 301 g/mol. The molecule has 2 aromatic rings. The van der Waals surface area contributed by atoms with Gasteiger partial charge < -0.3 is 5.32 Å². The van der Waals surface area contributed by atoms with E-state index in [2.05, 4.69) is 9.97 Å². The molecular weight excluding hydrogens is 291 g/mol. The lowest BCUT2D eigenvalue weighted by Crippen LogP contribution is -2.33. The third-order valence-electron chi connectivity index (χ3n) is 2.34. The lowest BCUT2D eigenvalue weighted by atomic mass is 10.3. The number of hydrogen-bond acceptors (Lipinski definition) is 4. The van der Waals surface area contributed by atoms with Crippen LogP contribution in [0.3, 0.4) is 0 Å². The summed E-state index contributed by atoms with van der Waals surface area (Å²) in [7, 11) is 0. The Morgan fingerprint density at radius 2 is 2.15 bits per heavy atom. The van der Waals surface area contributed by atoms with Crippen LogP contribution in [-0.4, -0.2) is 28.6 Å². The third-order valence-corrected chi connectivity index (χ3v) is 3.51. The van der Waals surface area contributed by atoms with E-state index in [4.69, 9.17) is 0 Å². The minimum absolute atomic E-state index is 0.162. The van der Waals surface area contributed by atoms with Crippen molar-refractivity contribution in [2.75, 3.05) is 6.54 Å². The van der Waals surface area contributed by atoms with Crippen LogP contribution < -0.4 is 5.32 Å². The standard InChI is InChI=1S/C12H10F3N3OS/c1-7-9(10(19)17-6-12(13,14)15)20-11(18-7)8-4-2-3-5-16-8/h2-5H,6H2,1H3,(H,17,19). The van der Waals surface area contributed by atoms with E-state index in [-0.39, 0.29) is 4.88 Å². The Hall–Kier alpha value is -1.96. The first-order valence-electron chi connectivity index (χ1n) is 5.60. The van der Waals surface area contributed by atoms with E-state index in [0.29, 0.717) is 16.4 Å². The molecule has 0 saturated carbocycles. The van der Waals surface area contributed by atoms with E-state index < -0.39 is 18.6 Å². The van der Waals surface area contributed by atoms with Crippen LogP contribution in [-0.2, 0) is 0 Å². The Kier molecular flexibility index (Phi) is 4.03. The van der Waals surface area contributed by atoms with Gasteiger partial charge in [-0.25, -0.2) is 4.98 Å². The summed E-state index contributed by atoms with van der Waals surface area (Å²) in [4.78, 5) is 20.1. The molecule has 0 aliphatic carbocycles. The molecule has 2 heterocycles. The molecule has 0 fully saturated rings. The van der Waals surface area contributed by atoms with Crippen molar-refractivity contribution in [3.63, 3.8) is 0 Å². The molecule has 106 valence electrons. The number of pyridine rings is 1. The van der Waals surface area contributed by atoms with Gasteiger partial charge in [-0.2, -0.15) is 13.2 Å². The number of carbonyl (C=O) groups is 1. The van der Waals surface area contributed by atoms with Crippen molar-refractivity contribution in [3.8, 4) is 10.7 Å². The molecule has 2 aromatic heterocycles. The van der Waals surface area contributed by atoms with E-state index in [1.165, 1.54) is 0 Å². The van der Waals surface area contributed by atoms with E-state index >= 15 is 0 Å². The third kappa shape index (κ3) is 3.53. The highest BCUT2D eigenvalue weighted by molar-refractivity contribution is 7.17. The number of aromatic nitrogens is 2. The van der Waals surface area contributed by atoms with E-state index in [9.17, 15) is 18.0 Å². The zero-order valence-electron chi connectivity index (χ0n) is 10.4. The first kappa shape index (κ1) is 14.4. The van der Waals surface area contributed by atoms with Gasteiger partial charge in [0.2, 0.25) is 0 Å². The minimum Gasteiger partial charge on any atom is -0.342 e. The fraction of sp³-hybridized carbons (Fsp3) is 0.250. The first-order valence-corrected chi connectivity index (χ1v) is 6.42. The molecule has 20 heavy (non-hydrogen) atoms. The summed E-state index contributed by atoms with van der Waals surface area (Å²) >= 11 is 1.02. The summed E-state index contributed by atoms with van der Waals surface area (Å²) < 4.78 is 36.2. The number of aryl methyl sites for hydroxylation is 1. The van der Waals surface area contributed by atoms with Crippen LogP contribution in [0.25, 0.3) is 10.7 Å². The maximum Gasteiger partial charge on any atom is 0.405 e. The second-order valence-corrected chi connectivity index (χ2v) is 4.95. The molecule has 1 N–H and O–H groups in total. The Bertz CT molecular complexity index is 610. The second kappa shape index (κ2) is 5.58. The summed E-state index contributed by atoms with van der Waals surface area (Å²) in [6.45, 7) is 0.216. The van der Waals surface area contributed by atoms with Gasteiger partial charge in [0.15, 0.2) is 0 Å². The molecule has 4 nitrogen and oxygen atoms in total. The highest BCUT2D eigenvalue weighted by Gasteiger charge is 2.28. The Balaban J connectivity index is 2.18. The zero-order chi connectivity index (χ0) is 14.8. The molecule has 0 aliphatic heterocycles. The molecule has 0 radical (unpaired) electrons. The van der Waals surface area contributed by atoms with Gasteiger partial charge in [-0.15, -0.1) is 11.3 Å². The zero-order valence-corrected chi connectivity index (χ0v) is 11.2. The summed E-state index contributed by atoms with van der Waals surface area (Å²) in [6.07, 6.45) is -2.85. The number of amides is 1. The van der Waals surface area contributed by atoms with Gasteiger partial charge in [0.25, 0.3) is 5.91 Å². The highest BCUT2D eigenvalue weighted by atomic mass is 32.1. The molecule has 0 atom stereocenters. The number of halogens is 3. The predicted octanol–water partition coefficient (Wildman–Crippen LogP) is 2.81. The van der Waals surface area contributed by atoms with Crippen molar-refractivity contribution >= 4 is 17.2 Å². The summed E-state index contributed by atoms with van der Waals surface area (Å²) in [5.41, 5.74) is 0.964. The Morgan fingerprint density at radius 3 is 2.75 bits per heavy atom. The van der Waals surface area contributed by atoms with Crippen LogP contribution in [0.5, 0.6) is 0 Å². The van der Waals surface area contributed by atoms with Crippen molar-refractivity contribution in [2.45, 2.75) is 13.1 Å². The van der Waals surface area contributed by atoms with Crippen molar-refractivity contribution in [1.29, 1.82) is 0 Å². The second-order valence-electron chi connectivity index (χ2n) is 3.95. The molecule has 1 amide bonds. The van der Waals surface area contributed by atoms with E-state index in [1.807, 2.05) is 5.32 Å². The van der Waals surface area contributed by atoms with Gasteiger partial charge in [-0.05, 0) is 19.1 Å². The average Bonchev–Trinajstić information content (AvgIpc) is 2.78. The number of nitrogens with zero attached hydrogens (tertiary/aromatic N) is 2. The van der Waals surface area contributed by atoms with Crippen LogP contribution in [0, 0.1) is 6.92 Å². The largest absolute Gasteiger partial charge is 0.405 e. The number of hydrogen-bond donors (Lipinski definition) is 1. The molecule has 0 unspecified atom stereocenters. The van der Waals surface area contributed by atoms with E-state index in [0.717, 1.165) is 11.3 Å². The van der Waals surface area contributed by atoms with Gasteiger partial charge in [-0.3, -0.25) is 9.78 Å². The molecule has 0 saturated heterocycles. The van der Waals surface area contributed by atoms with Crippen LogP contribution in [0.1, 0.15) is 15.4 Å². The Labute approximate surface area is 116 Å². The number of rotatable bonds is 3. The van der Waals surface area contributed by atoms with Crippen LogP contribution >= 0.6 is 11.3 Å². The van der Waals surface area contributed by atoms with Crippen LogP contribution in [0.2, 0.25) is 0 Å². The molecule has 2 rings (SSSR count). The lowest BCUT2D eigenvalue weighted by molar-refractivity contribution is -0.123. The maximum absolute atomic E-state index is 12.1. The summed E-state index contributed by atoms with van der Waals surface area (Å²) in [5, 5.41) is 2.33. The molecule has 8 heteroatoms.